The van der Waals surface area contributed by atoms with Crippen LogP contribution >= 0.6 is 11.3 Å². The Morgan fingerprint density at radius 3 is 3.00 bits per heavy atom. The maximum atomic E-state index is 11.8. The highest BCUT2D eigenvalue weighted by Gasteiger charge is 2.10. The zero-order valence-corrected chi connectivity index (χ0v) is 10.7. The molecule has 90 valence electrons. The van der Waals surface area contributed by atoms with E-state index in [2.05, 4.69) is 10.3 Å². The van der Waals surface area contributed by atoms with E-state index in [4.69, 9.17) is 5.73 Å². The second kappa shape index (κ2) is 4.71. The second-order valence-corrected chi connectivity index (χ2v) is 5.01. The summed E-state index contributed by atoms with van der Waals surface area (Å²) in [6, 6.07) is 3.70. The quantitative estimate of drug-likeness (QED) is 0.877. The predicted molar refractivity (Wildman–Crippen MR) is 71.4 cm³/mol. The molecule has 0 saturated carbocycles. The number of aryl methyl sites for hydroxylation is 1. The van der Waals surface area contributed by atoms with Gasteiger partial charge in [-0.2, -0.15) is 0 Å². The number of nitrogens with zero attached hydrogens (tertiary/aromatic N) is 1. The first-order valence-electron chi connectivity index (χ1n) is 5.56. The molecule has 0 saturated heterocycles. The summed E-state index contributed by atoms with van der Waals surface area (Å²) < 4.78 is 0.962. The molecule has 17 heavy (non-hydrogen) atoms. The lowest BCUT2D eigenvalue weighted by atomic mass is 10.1. The van der Waals surface area contributed by atoms with E-state index in [1.807, 2.05) is 26.0 Å². The molecule has 0 fully saturated rings. The van der Waals surface area contributed by atoms with Crippen LogP contribution in [0.2, 0.25) is 0 Å². The first-order chi connectivity index (χ1) is 8.11. The fraction of sp³-hybridized carbons (Fsp3) is 0.333. The maximum absolute atomic E-state index is 11.8. The molecule has 0 aliphatic carbocycles. The molecule has 5 heteroatoms. The smallest absolute Gasteiger partial charge is 0.251 e. The minimum Gasteiger partial charge on any atom is -0.375 e. The molecule has 1 amide bonds. The average Bonchev–Trinajstić information content (AvgIpc) is 2.67. The largest absolute Gasteiger partial charge is 0.375 e. The van der Waals surface area contributed by atoms with E-state index in [1.54, 1.807) is 0 Å². The van der Waals surface area contributed by atoms with Gasteiger partial charge in [-0.15, -0.1) is 0 Å². The molecule has 2 rings (SSSR count). The minimum atomic E-state index is -0.0381. The molecule has 0 bridgehead atoms. The van der Waals surface area contributed by atoms with Crippen LogP contribution in [-0.4, -0.2) is 17.4 Å². The number of nitrogens with two attached hydrogens (primary N) is 1. The van der Waals surface area contributed by atoms with Crippen molar-refractivity contribution in [3.05, 3.63) is 23.3 Å². The average molecular weight is 249 g/mol. The Morgan fingerprint density at radius 1 is 1.53 bits per heavy atom. The van der Waals surface area contributed by atoms with Crippen molar-refractivity contribution in [1.82, 2.24) is 10.3 Å². The van der Waals surface area contributed by atoms with E-state index >= 15 is 0 Å². The maximum Gasteiger partial charge on any atom is 0.251 e. The first kappa shape index (κ1) is 11.9. The predicted octanol–water partition coefficient (Wildman–Crippen LogP) is 2.33. The van der Waals surface area contributed by atoms with Crippen LogP contribution in [0, 0.1) is 6.92 Å². The van der Waals surface area contributed by atoms with Crippen LogP contribution in [0.4, 0.5) is 5.13 Å². The molecule has 2 aromatic rings. The third-order valence-corrected chi connectivity index (χ3v) is 3.33. The molecule has 3 N–H and O–H groups in total. The number of hydrogen-bond acceptors (Lipinski definition) is 4. The summed E-state index contributed by atoms with van der Waals surface area (Å²) in [6.07, 6.45) is 0.931. The van der Waals surface area contributed by atoms with Gasteiger partial charge in [-0.1, -0.05) is 18.3 Å². The highest BCUT2D eigenvalue weighted by molar-refractivity contribution is 7.22. The van der Waals surface area contributed by atoms with Gasteiger partial charge in [0.2, 0.25) is 0 Å². The van der Waals surface area contributed by atoms with Crippen LogP contribution in [0.25, 0.3) is 10.2 Å². The van der Waals surface area contributed by atoms with E-state index in [0.29, 0.717) is 17.2 Å². The molecule has 0 atom stereocenters. The van der Waals surface area contributed by atoms with E-state index in [9.17, 15) is 4.79 Å². The summed E-state index contributed by atoms with van der Waals surface area (Å²) in [7, 11) is 0. The van der Waals surface area contributed by atoms with Crippen molar-refractivity contribution >= 4 is 32.6 Å². The molecule has 0 aliphatic heterocycles. The summed E-state index contributed by atoms with van der Waals surface area (Å²) >= 11 is 1.41. The molecule has 1 heterocycles. The number of carbonyl (C=O) groups is 1. The van der Waals surface area contributed by atoms with Crippen molar-refractivity contribution in [2.24, 2.45) is 0 Å². The molecule has 1 aromatic carbocycles. The van der Waals surface area contributed by atoms with Gasteiger partial charge in [-0.25, -0.2) is 4.98 Å². The highest BCUT2D eigenvalue weighted by atomic mass is 32.1. The lowest BCUT2D eigenvalue weighted by molar-refractivity contribution is 0.0954. The third kappa shape index (κ3) is 2.39. The molecular weight excluding hydrogens is 234 g/mol. The lowest BCUT2D eigenvalue weighted by Crippen LogP contribution is -2.23. The number of hydrogen-bond donors (Lipinski definition) is 2. The molecule has 1 aromatic heterocycles. The SMILES string of the molecule is CCCNC(=O)c1cc(C)c2nc(N)sc2c1. The van der Waals surface area contributed by atoms with Crippen LogP contribution in [0.3, 0.4) is 0 Å². The Hall–Kier alpha value is -1.62. The number of nitrogen functional groups attached to an aromatic ring is 1. The van der Waals surface area contributed by atoms with Crippen molar-refractivity contribution in [3.63, 3.8) is 0 Å². The van der Waals surface area contributed by atoms with Crippen LogP contribution in [-0.2, 0) is 0 Å². The van der Waals surface area contributed by atoms with Gasteiger partial charge in [0.05, 0.1) is 10.2 Å². The van der Waals surface area contributed by atoms with Crippen LogP contribution < -0.4 is 11.1 Å². The molecule has 4 nitrogen and oxygen atoms in total. The Kier molecular flexibility index (Phi) is 3.28. The van der Waals surface area contributed by atoms with Gasteiger partial charge in [0.1, 0.15) is 0 Å². The Bertz CT molecular complexity index is 562. The summed E-state index contributed by atoms with van der Waals surface area (Å²) in [5.74, 6) is -0.0381. The Labute approximate surface area is 104 Å². The van der Waals surface area contributed by atoms with E-state index < -0.39 is 0 Å². The Balaban J connectivity index is 2.39. The third-order valence-electron chi connectivity index (χ3n) is 2.50. The van der Waals surface area contributed by atoms with Crippen LogP contribution in [0.5, 0.6) is 0 Å². The number of benzene rings is 1. The van der Waals surface area contributed by atoms with Gasteiger partial charge >= 0.3 is 0 Å². The number of fused-ring (bicyclic) bond motifs is 1. The van der Waals surface area contributed by atoms with Crippen molar-refractivity contribution in [2.75, 3.05) is 12.3 Å². The number of rotatable bonds is 3. The van der Waals surface area contributed by atoms with E-state index in [0.717, 1.165) is 22.2 Å². The van der Waals surface area contributed by atoms with Crippen molar-refractivity contribution in [2.45, 2.75) is 20.3 Å². The highest BCUT2D eigenvalue weighted by Crippen LogP contribution is 2.27. The Morgan fingerprint density at radius 2 is 2.29 bits per heavy atom. The van der Waals surface area contributed by atoms with Gasteiger partial charge in [-0.3, -0.25) is 4.79 Å². The van der Waals surface area contributed by atoms with E-state index in [-0.39, 0.29) is 5.91 Å². The van der Waals surface area contributed by atoms with Gasteiger partial charge in [-0.05, 0) is 31.0 Å². The minimum absolute atomic E-state index is 0.0381. The van der Waals surface area contributed by atoms with E-state index in [1.165, 1.54) is 11.3 Å². The van der Waals surface area contributed by atoms with Gasteiger partial charge in [0.25, 0.3) is 5.91 Å². The second-order valence-electron chi connectivity index (χ2n) is 3.95. The number of amides is 1. The van der Waals surface area contributed by atoms with Gasteiger partial charge in [0.15, 0.2) is 5.13 Å². The van der Waals surface area contributed by atoms with Gasteiger partial charge < -0.3 is 11.1 Å². The molecule has 0 spiro atoms. The van der Waals surface area contributed by atoms with Crippen molar-refractivity contribution in [1.29, 1.82) is 0 Å². The summed E-state index contributed by atoms with van der Waals surface area (Å²) in [4.78, 5) is 16.1. The summed E-state index contributed by atoms with van der Waals surface area (Å²) in [5, 5.41) is 3.40. The number of carbonyl (C=O) groups excluding carboxylic acids is 1. The molecule has 0 aliphatic rings. The van der Waals surface area contributed by atoms with Gasteiger partial charge in [0, 0.05) is 12.1 Å². The fourth-order valence-electron chi connectivity index (χ4n) is 1.69. The monoisotopic (exact) mass is 249 g/mol. The number of nitrogens with one attached hydrogen (secondary N) is 1. The normalized spacial score (nSPS) is 10.7. The summed E-state index contributed by atoms with van der Waals surface area (Å²) in [5.41, 5.74) is 8.22. The molecule has 0 radical (unpaired) electrons. The summed E-state index contributed by atoms with van der Waals surface area (Å²) in [6.45, 7) is 4.66. The van der Waals surface area contributed by atoms with Crippen molar-refractivity contribution < 1.29 is 4.79 Å². The first-order valence-corrected chi connectivity index (χ1v) is 6.38. The number of thiazole rings is 1. The standard InChI is InChI=1S/C12H15N3OS/c1-3-4-14-11(16)8-5-7(2)10-9(6-8)17-12(13)15-10/h5-6H,3-4H2,1-2H3,(H2,13,15)(H,14,16). The number of aromatic nitrogens is 1. The van der Waals surface area contributed by atoms with Crippen LogP contribution in [0.15, 0.2) is 12.1 Å². The zero-order valence-electron chi connectivity index (χ0n) is 9.91. The molecular formula is C12H15N3OS. The topological polar surface area (TPSA) is 68.0 Å². The van der Waals surface area contributed by atoms with Crippen molar-refractivity contribution in [3.8, 4) is 0 Å². The molecule has 0 unspecified atom stereocenters. The number of anilines is 1. The zero-order chi connectivity index (χ0) is 12.4. The van der Waals surface area contributed by atoms with Crippen LogP contribution in [0.1, 0.15) is 29.3 Å². The fourth-order valence-corrected chi connectivity index (χ4v) is 2.54. The lowest BCUT2D eigenvalue weighted by Gasteiger charge is -2.04.